The van der Waals surface area contributed by atoms with E-state index in [0.29, 0.717) is 17.8 Å². The van der Waals surface area contributed by atoms with Crippen LogP contribution >= 0.6 is 11.8 Å². The standard InChI is InChI=1S/C18H25N5O3S2/c1-9(2)22-17-15(18(24)21-22)16(27-12(5)19-17)14-10(3)20-23(11(14)4)13-6-7-28(25,26)8-13/h9,13,16H,6-8H2,1-5H3,(H,21,24)/t13-,16-/m1/s1. The second-order valence-electron chi connectivity index (χ2n) is 7.86. The number of aromatic nitrogens is 4. The molecule has 0 bridgehead atoms. The topological polar surface area (TPSA) is 102 Å². The second-order valence-corrected chi connectivity index (χ2v) is 11.4. The summed E-state index contributed by atoms with van der Waals surface area (Å²) in [5.41, 5.74) is 3.25. The lowest BCUT2D eigenvalue weighted by molar-refractivity contribution is 0.485. The molecule has 1 saturated heterocycles. The third-order valence-corrected chi connectivity index (χ3v) is 8.35. The van der Waals surface area contributed by atoms with Crippen LogP contribution in [-0.4, -0.2) is 44.5 Å². The zero-order valence-electron chi connectivity index (χ0n) is 16.7. The van der Waals surface area contributed by atoms with Gasteiger partial charge in [0.25, 0.3) is 5.56 Å². The van der Waals surface area contributed by atoms with Crippen LogP contribution in [0.4, 0.5) is 5.82 Å². The molecule has 28 heavy (non-hydrogen) atoms. The average molecular weight is 424 g/mol. The minimum Gasteiger partial charge on any atom is -0.268 e. The van der Waals surface area contributed by atoms with Crippen molar-refractivity contribution in [2.75, 3.05) is 11.5 Å². The Morgan fingerprint density at radius 2 is 1.93 bits per heavy atom. The van der Waals surface area contributed by atoms with Gasteiger partial charge in [-0.2, -0.15) is 5.10 Å². The van der Waals surface area contributed by atoms with Crippen LogP contribution in [0.25, 0.3) is 0 Å². The Labute approximate surface area is 168 Å². The van der Waals surface area contributed by atoms with E-state index in [9.17, 15) is 13.2 Å². The molecule has 2 aromatic heterocycles. The summed E-state index contributed by atoms with van der Waals surface area (Å²) in [5, 5.41) is 8.29. The molecule has 152 valence electrons. The van der Waals surface area contributed by atoms with Gasteiger partial charge in [0.1, 0.15) is 0 Å². The van der Waals surface area contributed by atoms with Crippen LogP contribution in [0.15, 0.2) is 9.79 Å². The van der Waals surface area contributed by atoms with Crippen molar-refractivity contribution in [3.05, 3.63) is 32.9 Å². The minimum absolute atomic E-state index is 0.0883. The first-order valence-electron chi connectivity index (χ1n) is 9.41. The number of aryl methyl sites for hydroxylation is 1. The molecular weight excluding hydrogens is 398 g/mol. The van der Waals surface area contributed by atoms with Crippen molar-refractivity contribution >= 4 is 32.5 Å². The number of thioether (sulfide) groups is 1. The monoisotopic (exact) mass is 423 g/mol. The lowest BCUT2D eigenvalue weighted by Gasteiger charge is -2.22. The first-order valence-corrected chi connectivity index (χ1v) is 12.1. The number of nitrogens with one attached hydrogen (secondary N) is 1. The maximum Gasteiger partial charge on any atom is 0.271 e. The van der Waals surface area contributed by atoms with Gasteiger partial charge >= 0.3 is 0 Å². The molecule has 2 aliphatic heterocycles. The van der Waals surface area contributed by atoms with Crippen LogP contribution < -0.4 is 5.56 Å². The zero-order valence-corrected chi connectivity index (χ0v) is 18.3. The van der Waals surface area contributed by atoms with Crippen molar-refractivity contribution < 1.29 is 8.42 Å². The fourth-order valence-electron chi connectivity index (χ4n) is 4.17. The smallest absolute Gasteiger partial charge is 0.268 e. The number of fused-ring (bicyclic) bond motifs is 1. The summed E-state index contributed by atoms with van der Waals surface area (Å²) < 4.78 is 27.5. The van der Waals surface area contributed by atoms with Crippen molar-refractivity contribution in [3.8, 4) is 0 Å². The Morgan fingerprint density at radius 3 is 2.54 bits per heavy atom. The molecular formula is C18H25N5O3S2. The lowest BCUT2D eigenvalue weighted by Crippen LogP contribution is -2.16. The van der Waals surface area contributed by atoms with Crippen molar-refractivity contribution in [3.63, 3.8) is 0 Å². The van der Waals surface area contributed by atoms with E-state index in [2.05, 4.69) is 15.2 Å². The van der Waals surface area contributed by atoms with Gasteiger partial charge in [0.05, 0.1) is 39.1 Å². The van der Waals surface area contributed by atoms with Gasteiger partial charge in [-0.1, -0.05) is 11.8 Å². The van der Waals surface area contributed by atoms with Crippen LogP contribution in [0.3, 0.4) is 0 Å². The summed E-state index contributed by atoms with van der Waals surface area (Å²) >= 11 is 1.55. The Kier molecular flexibility index (Phi) is 4.61. The Balaban J connectivity index is 1.84. The number of rotatable bonds is 3. The van der Waals surface area contributed by atoms with Gasteiger partial charge in [0.15, 0.2) is 15.7 Å². The number of hydrogen-bond acceptors (Lipinski definition) is 6. The fourth-order valence-corrected chi connectivity index (χ4v) is 7.13. The van der Waals surface area contributed by atoms with E-state index in [-0.39, 0.29) is 34.4 Å². The predicted octanol–water partition coefficient (Wildman–Crippen LogP) is 2.82. The fraction of sp³-hybridized carbons (Fsp3) is 0.611. The number of sulfone groups is 1. The molecule has 0 aliphatic carbocycles. The highest BCUT2D eigenvalue weighted by molar-refractivity contribution is 8.14. The van der Waals surface area contributed by atoms with Crippen molar-refractivity contribution in [2.45, 2.75) is 58.4 Å². The van der Waals surface area contributed by atoms with Crippen LogP contribution in [-0.2, 0) is 9.84 Å². The quantitative estimate of drug-likeness (QED) is 0.818. The Hall–Kier alpha value is -1.81. The number of H-pyrrole nitrogens is 1. The van der Waals surface area contributed by atoms with E-state index in [0.717, 1.165) is 22.0 Å². The van der Waals surface area contributed by atoms with E-state index < -0.39 is 9.84 Å². The molecule has 0 spiro atoms. The maximum atomic E-state index is 12.8. The summed E-state index contributed by atoms with van der Waals surface area (Å²) in [6.45, 7) is 9.85. The molecule has 8 nitrogen and oxygen atoms in total. The molecule has 1 N–H and O–H groups in total. The first kappa shape index (κ1) is 19.5. The molecule has 2 atom stereocenters. The van der Waals surface area contributed by atoms with Crippen molar-refractivity contribution in [1.29, 1.82) is 0 Å². The molecule has 4 rings (SSSR count). The second kappa shape index (κ2) is 6.62. The molecule has 0 radical (unpaired) electrons. The third kappa shape index (κ3) is 3.06. The first-order chi connectivity index (χ1) is 13.1. The van der Waals surface area contributed by atoms with Crippen LogP contribution in [0.5, 0.6) is 0 Å². The van der Waals surface area contributed by atoms with Gasteiger partial charge in [-0.05, 0) is 41.0 Å². The summed E-state index contributed by atoms with van der Waals surface area (Å²) in [6.07, 6.45) is 0.581. The molecule has 0 aromatic carbocycles. The average Bonchev–Trinajstić information content (AvgIpc) is 3.21. The Morgan fingerprint density at radius 1 is 1.21 bits per heavy atom. The molecule has 2 aliphatic rings. The van der Waals surface area contributed by atoms with Crippen molar-refractivity contribution in [1.82, 2.24) is 19.6 Å². The molecule has 4 heterocycles. The number of aliphatic imine (C=N–C) groups is 1. The summed E-state index contributed by atoms with van der Waals surface area (Å²) in [4.78, 5) is 17.4. The highest BCUT2D eigenvalue weighted by atomic mass is 32.2. The highest BCUT2D eigenvalue weighted by Gasteiger charge is 2.36. The zero-order chi connectivity index (χ0) is 20.4. The van der Waals surface area contributed by atoms with Gasteiger partial charge in [-0.15, -0.1) is 0 Å². The lowest BCUT2D eigenvalue weighted by atomic mass is 10.0. The molecule has 0 amide bonds. The number of nitrogens with zero attached hydrogens (tertiary/aromatic N) is 4. The van der Waals surface area contributed by atoms with Crippen LogP contribution in [0.1, 0.15) is 67.0 Å². The SMILES string of the molecule is CC1=Nc2c(c(=O)[nH]n2C(C)C)[C@@H](c2c(C)nn([C@@H]3CCS(=O)(=O)C3)c2C)S1. The van der Waals surface area contributed by atoms with E-state index >= 15 is 0 Å². The van der Waals surface area contributed by atoms with E-state index in [1.165, 1.54) is 0 Å². The number of aromatic amines is 1. The molecule has 10 heteroatoms. The molecule has 2 aromatic rings. The highest BCUT2D eigenvalue weighted by Crippen LogP contribution is 2.46. The molecule has 0 saturated carbocycles. The van der Waals surface area contributed by atoms with E-state index in [4.69, 9.17) is 0 Å². The predicted molar refractivity (Wildman–Crippen MR) is 112 cm³/mol. The minimum atomic E-state index is -3.00. The summed E-state index contributed by atoms with van der Waals surface area (Å²) in [5.74, 6) is 1.01. The van der Waals surface area contributed by atoms with E-state index in [1.807, 2.05) is 44.0 Å². The Bertz CT molecular complexity index is 1140. The summed E-state index contributed by atoms with van der Waals surface area (Å²) in [6, 6.07) is -0.0517. The third-order valence-electron chi connectivity index (χ3n) is 5.46. The summed E-state index contributed by atoms with van der Waals surface area (Å²) in [7, 11) is -3.00. The normalized spacial score (nSPS) is 23.9. The van der Waals surface area contributed by atoms with Gasteiger partial charge in [-0.3, -0.25) is 19.3 Å². The van der Waals surface area contributed by atoms with Crippen LogP contribution in [0, 0.1) is 13.8 Å². The van der Waals surface area contributed by atoms with Gasteiger partial charge in [0, 0.05) is 17.3 Å². The van der Waals surface area contributed by atoms with Crippen LogP contribution in [0.2, 0.25) is 0 Å². The maximum absolute atomic E-state index is 12.8. The van der Waals surface area contributed by atoms with Gasteiger partial charge in [-0.25, -0.2) is 13.4 Å². The van der Waals surface area contributed by atoms with Crippen molar-refractivity contribution in [2.24, 2.45) is 4.99 Å². The number of hydrogen-bond donors (Lipinski definition) is 1. The molecule has 1 fully saturated rings. The van der Waals surface area contributed by atoms with Gasteiger partial charge in [0.2, 0.25) is 0 Å². The van der Waals surface area contributed by atoms with Gasteiger partial charge < -0.3 is 0 Å². The largest absolute Gasteiger partial charge is 0.271 e. The van der Waals surface area contributed by atoms with E-state index in [1.54, 1.807) is 11.8 Å². The molecule has 0 unspecified atom stereocenters.